The molecule has 0 bridgehead atoms. The third-order valence-electron chi connectivity index (χ3n) is 6.64. The zero-order chi connectivity index (χ0) is 23.0. The largest absolute Gasteiger partial charge is 0.493 e. The third-order valence-corrected chi connectivity index (χ3v) is 7.77. The summed E-state index contributed by atoms with van der Waals surface area (Å²) >= 11 is 0. The summed E-state index contributed by atoms with van der Waals surface area (Å²) in [7, 11) is -3.22. The van der Waals surface area contributed by atoms with Crippen LogP contribution in [0.5, 0.6) is 5.75 Å². The minimum absolute atomic E-state index is 0.136. The van der Waals surface area contributed by atoms with Crippen LogP contribution in [0, 0.1) is 11.3 Å². The van der Waals surface area contributed by atoms with Crippen LogP contribution in [0.3, 0.4) is 0 Å². The molecule has 0 radical (unpaired) electrons. The quantitative estimate of drug-likeness (QED) is 0.562. The zero-order valence-corrected chi connectivity index (χ0v) is 18.9. The van der Waals surface area contributed by atoms with Gasteiger partial charge in [-0.1, -0.05) is 24.3 Å². The van der Waals surface area contributed by atoms with E-state index in [9.17, 15) is 21.6 Å². The van der Waals surface area contributed by atoms with Gasteiger partial charge in [-0.3, -0.25) is 0 Å². The molecule has 32 heavy (non-hydrogen) atoms. The highest BCUT2D eigenvalue weighted by Crippen LogP contribution is 2.58. The molecule has 0 atom stereocenters. The number of piperidine rings is 1. The lowest BCUT2D eigenvalue weighted by molar-refractivity contribution is -0.192. The van der Waals surface area contributed by atoms with Gasteiger partial charge in [0, 0.05) is 12.8 Å². The molecule has 8 heteroatoms. The minimum Gasteiger partial charge on any atom is -0.493 e. The SMILES string of the molecule is CS(=O)(=O)c1ccc(-c2ccc(OCC3CCN(CC4(C(F)(F)F)CC4)CC3)cc2)cc1. The Labute approximate surface area is 187 Å². The maximum Gasteiger partial charge on any atom is 0.395 e. The summed E-state index contributed by atoms with van der Waals surface area (Å²) in [5, 5.41) is 0. The van der Waals surface area contributed by atoms with Crippen molar-refractivity contribution >= 4 is 9.84 Å². The maximum atomic E-state index is 13.2. The summed E-state index contributed by atoms with van der Waals surface area (Å²) in [6.45, 7) is 2.07. The van der Waals surface area contributed by atoms with Crippen molar-refractivity contribution in [1.29, 1.82) is 0 Å². The molecule has 0 N–H and O–H groups in total. The highest BCUT2D eigenvalue weighted by Gasteiger charge is 2.63. The Morgan fingerprint density at radius 3 is 1.97 bits per heavy atom. The van der Waals surface area contributed by atoms with Crippen molar-refractivity contribution in [2.75, 3.05) is 32.5 Å². The van der Waals surface area contributed by atoms with E-state index in [-0.39, 0.29) is 24.3 Å². The van der Waals surface area contributed by atoms with Crippen molar-refractivity contribution in [3.05, 3.63) is 48.5 Å². The van der Waals surface area contributed by atoms with Gasteiger partial charge in [-0.25, -0.2) is 8.42 Å². The molecule has 4 rings (SSSR count). The van der Waals surface area contributed by atoms with Crippen molar-refractivity contribution in [1.82, 2.24) is 4.90 Å². The Kier molecular flexibility index (Phi) is 6.29. The average molecular weight is 468 g/mol. The number of sulfone groups is 1. The molecule has 174 valence electrons. The number of hydrogen-bond donors (Lipinski definition) is 0. The van der Waals surface area contributed by atoms with E-state index in [1.807, 2.05) is 29.2 Å². The molecule has 1 saturated carbocycles. The highest BCUT2D eigenvalue weighted by atomic mass is 32.2. The van der Waals surface area contributed by atoms with E-state index >= 15 is 0 Å². The van der Waals surface area contributed by atoms with Gasteiger partial charge in [0.15, 0.2) is 9.84 Å². The number of rotatable bonds is 7. The normalized spacial score (nSPS) is 19.6. The van der Waals surface area contributed by atoms with E-state index < -0.39 is 21.4 Å². The monoisotopic (exact) mass is 467 g/mol. The highest BCUT2D eigenvalue weighted by molar-refractivity contribution is 7.90. The van der Waals surface area contributed by atoms with Crippen molar-refractivity contribution in [3.8, 4) is 16.9 Å². The lowest BCUT2D eigenvalue weighted by atomic mass is 9.96. The molecule has 0 unspecified atom stereocenters. The van der Waals surface area contributed by atoms with Gasteiger partial charge < -0.3 is 9.64 Å². The Hall–Kier alpha value is -2.06. The first-order chi connectivity index (χ1) is 15.1. The molecule has 1 aliphatic heterocycles. The predicted molar refractivity (Wildman–Crippen MR) is 117 cm³/mol. The molecule has 2 fully saturated rings. The van der Waals surface area contributed by atoms with Crippen LogP contribution < -0.4 is 4.74 Å². The number of halogens is 3. The standard InChI is InChI=1S/C24H28F3NO3S/c1-32(29,30)22-8-4-20(5-9-22)19-2-6-21(7-3-19)31-16-18-10-14-28(15-11-18)17-23(12-13-23)24(25,26)27/h2-9,18H,10-17H2,1H3. The summed E-state index contributed by atoms with van der Waals surface area (Å²) in [5.74, 6) is 1.09. The Bertz CT molecular complexity index is 1020. The number of likely N-dealkylation sites (tertiary alicyclic amines) is 1. The van der Waals surface area contributed by atoms with E-state index in [0.29, 0.717) is 25.6 Å². The van der Waals surface area contributed by atoms with E-state index in [1.165, 1.54) is 6.26 Å². The Morgan fingerprint density at radius 1 is 0.969 bits per heavy atom. The molecule has 4 nitrogen and oxygen atoms in total. The predicted octanol–water partition coefficient (Wildman–Crippen LogP) is 5.19. The fourth-order valence-electron chi connectivity index (χ4n) is 4.27. The van der Waals surface area contributed by atoms with Gasteiger partial charge in [0.1, 0.15) is 5.75 Å². The van der Waals surface area contributed by atoms with Gasteiger partial charge in [-0.05, 0) is 80.1 Å². The van der Waals surface area contributed by atoms with Gasteiger partial charge in [0.05, 0.1) is 16.9 Å². The first kappa shape index (κ1) is 23.1. The minimum atomic E-state index is -4.09. The molecule has 2 aromatic rings. The lowest BCUT2D eigenvalue weighted by Gasteiger charge is -2.34. The topological polar surface area (TPSA) is 46.6 Å². The third kappa shape index (κ3) is 5.29. The fourth-order valence-corrected chi connectivity index (χ4v) is 4.90. The number of ether oxygens (including phenoxy) is 1. The van der Waals surface area contributed by atoms with Crippen LogP contribution in [0.25, 0.3) is 11.1 Å². The molecule has 1 aliphatic carbocycles. The van der Waals surface area contributed by atoms with Crippen LogP contribution in [-0.4, -0.2) is 52.0 Å². The summed E-state index contributed by atoms with van der Waals surface area (Å²) < 4.78 is 68.6. The molecule has 0 spiro atoms. The van der Waals surface area contributed by atoms with Crippen LogP contribution in [0.1, 0.15) is 25.7 Å². The molecular weight excluding hydrogens is 439 g/mol. The smallest absolute Gasteiger partial charge is 0.395 e. The second kappa shape index (κ2) is 8.71. The molecule has 2 aromatic carbocycles. The van der Waals surface area contributed by atoms with E-state index in [1.54, 1.807) is 24.3 Å². The van der Waals surface area contributed by atoms with Crippen molar-refractivity contribution in [3.63, 3.8) is 0 Å². The van der Waals surface area contributed by atoms with E-state index in [0.717, 1.165) is 29.7 Å². The second-order valence-electron chi connectivity index (χ2n) is 9.13. The van der Waals surface area contributed by atoms with Crippen LogP contribution >= 0.6 is 0 Å². The molecule has 2 aliphatic rings. The number of hydrogen-bond acceptors (Lipinski definition) is 4. The van der Waals surface area contributed by atoms with Crippen LogP contribution in [0.15, 0.2) is 53.4 Å². The molecule has 0 amide bonds. The number of alkyl halides is 3. The molecule has 1 heterocycles. The summed E-state index contributed by atoms with van der Waals surface area (Å²) in [6.07, 6.45) is -0.689. The van der Waals surface area contributed by atoms with Gasteiger partial charge in [0.2, 0.25) is 0 Å². The summed E-state index contributed by atoms with van der Waals surface area (Å²) in [5.41, 5.74) is 0.427. The fraction of sp³-hybridized carbons (Fsp3) is 0.500. The first-order valence-electron chi connectivity index (χ1n) is 10.9. The van der Waals surface area contributed by atoms with E-state index in [4.69, 9.17) is 4.74 Å². The zero-order valence-electron chi connectivity index (χ0n) is 18.1. The van der Waals surface area contributed by atoms with Gasteiger partial charge in [-0.2, -0.15) is 13.2 Å². The molecule has 1 saturated heterocycles. The van der Waals surface area contributed by atoms with Crippen LogP contribution in [-0.2, 0) is 9.84 Å². The van der Waals surface area contributed by atoms with Gasteiger partial charge >= 0.3 is 6.18 Å². The van der Waals surface area contributed by atoms with Crippen molar-refractivity contribution < 1.29 is 26.3 Å². The van der Waals surface area contributed by atoms with Crippen LogP contribution in [0.4, 0.5) is 13.2 Å². The Balaban J connectivity index is 1.25. The van der Waals surface area contributed by atoms with Gasteiger partial charge in [0.25, 0.3) is 0 Å². The molecular formula is C24H28F3NO3S. The van der Waals surface area contributed by atoms with Crippen molar-refractivity contribution in [2.24, 2.45) is 11.3 Å². The maximum absolute atomic E-state index is 13.2. The van der Waals surface area contributed by atoms with E-state index in [2.05, 4.69) is 0 Å². The second-order valence-corrected chi connectivity index (χ2v) is 11.1. The number of benzene rings is 2. The van der Waals surface area contributed by atoms with Crippen molar-refractivity contribution in [2.45, 2.75) is 36.8 Å². The average Bonchev–Trinajstić information content (AvgIpc) is 3.54. The van der Waals surface area contributed by atoms with Crippen LogP contribution in [0.2, 0.25) is 0 Å². The number of nitrogens with zero attached hydrogens (tertiary/aromatic N) is 1. The first-order valence-corrected chi connectivity index (χ1v) is 12.8. The Morgan fingerprint density at radius 2 is 1.50 bits per heavy atom. The summed E-state index contributed by atoms with van der Waals surface area (Å²) in [6, 6.07) is 14.4. The molecule has 0 aromatic heterocycles. The van der Waals surface area contributed by atoms with Gasteiger partial charge in [-0.15, -0.1) is 0 Å². The lowest BCUT2D eigenvalue weighted by Crippen LogP contribution is -2.43. The summed E-state index contributed by atoms with van der Waals surface area (Å²) in [4.78, 5) is 2.25.